The van der Waals surface area contributed by atoms with Gasteiger partial charge in [-0.25, -0.2) is 9.59 Å². The van der Waals surface area contributed by atoms with Crippen LogP contribution in [0.2, 0.25) is 0 Å². The summed E-state index contributed by atoms with van der Waals surface area (Å²) in [4.78, 5) is 20.2. The number of carboxylic acid groups (broad SMARTS) is 2. The Morgan fingerprint density at radius 1 is 0.200 bits per heavy atom. The molecule has 36 nitrogen and oxygen atoms in total. The number of hydrogen-bond donors (Lipinski definition) is 10. The van der Waals surface area contributed by atoms with E-state index in [0.717, 1.165) is 82.9 Å². The minimum atomic E-state index is -5.13. The van der Waals surface area contributed by atoms with E-state index in [1.165, 1.54) is 97.1 Å². The summed E-state index contributed by atoms with van der Waals surface area (Å²) in [6, 6.07) is 59.0. The van der Waals surface area contributed by atoms with Gasteiger partial charge in [-0.1, -0.05) is 60.7 Å². The average Bonchev–Trinajstić information content (AvgIpc) is 0.766. The first kappa shape index (κ1) is 81.0. The molecule has 10 N–H and O–H groups in total. The highest BCUT2D eigenvalue weighted by Gasteiger charge is 2.23. The molecule has 0 aromatic heterocycles. The van der Waals surface area contributed by atoms with E-state index in [0.29, 0.717) is 22.7 Å². The first-order valence-corrected chi connectivity index (χ1v) is 40.2. The molecule has 0 atom stereocenters. The summed E-state index contributed by atoms with van der Waals surface area (Å²) in [6.07, 6.45) is 0. The molecule has 0 amide bonds. The Morgan fingerprint density at radius 3 is 0.733 bits per heavy atom. The van der Waals surface area contributed by atoms with E-state index in [4.69, 9.17) is 0 Å². The summed E-state index contributed by atoms with van der Waals surface area (Å²) in [5.41, 5.74) is 3.47. The zero-order valence-electron chi connectivity index (χ0n) is 60.6. The molecule has 0 unspecified atom stereocenters. The molecule has 0 heterocycles. The van der Waals surface area contributed by atoms with Crippen LogP contribution >= 0.6 is 0 Å². The number of carboxylic acids is 2. The Labute approximate surface area is 676 Å². The molecule has 0 fully saturated rings. The third kappa shape index (κ3) is 18.9. The van der Waals surface area contributed by atoms with E-state index in [2.05, 4.69) is 81.8 Å². The smallest absolute Gasteiger partial charge is 0.339 e. The molecule has 0 saturated carbocycles. The maximum Gasteiger partial charge on any atom is 0.339 e. The van der Waals surface area contributed by atoms with Gasteiger partial charge in [-0.15, -0.1) is 40.9 Å². The summed E-state index contributed by atoms with van der Waals surface area (Å²) in [6.45, 7) is 0. The van der Waals surface area contributed by atoms with Gasteiger partial charge in [0.15, 0.2) is 0 Å². The third-order valence-electron chi connectivity index (χ3n) is 17.7. The van der Waals surface area contributed by atoms with Crippen molar-refractivity contribution in [2.45, 2.75) is 19.6 Å². The van der Waals surface area contributed by atoms with E-state index in [1.807, 2.05) is 0 Å². The van der Waals surface area contributed by atoms with Crippen molar-refractivity contribution in [3.63, 3.8) is 0 Å². The number of azo groups is 8. The zero-order chi connectivity index (χ0) is 85.0. The molecular weight excluding hydrogens is 1630 g/mol. The van der Waals surface area contributed by atoms with Crippen molar-refractivity contribution in [3.8, 4) is 45.3 Å². The fourth-order valence-corrected chi connectivity index (χ4v) is 13.8. The minimum Gasteiger partial charge on any atom is -0.507 e. The summed E-state index contributed by atoms with van der Waals surface area (Å²) >= 11 is 0. The van der Waals surface area contributed by atoms with Gasteiger partial charge in [0.05, 0.1) is 99.2 Å². The Hall–Kier alpha value is -15.6. The van der Waals surface area contributed by atoms with E-state index >= 15 is 0 Å². The maximum atomic E-state index is 12.9. The molecular formula is C80H52N16O20S4. The molecule has 596 valence electrons. The summed E-state index contributed by atoms with van der Waals surface area (Å²) < 4.78 is 142. The minimum absolute atomic E-state index is 0.00225. The van der Waals surface area contributed by atoms with Crippen molar-refractivity contribution in [3.05, 3.63) is 266 Å². The van der Waals surface area contributed by atoms with Gasteiger partial charge < -0.3 is 30.6 Å². The Bertz CT molecular complexity index is 7330. The Morgan fingerprint density at radius 2 is 0.425 bits per heavy atom. The molecule has 0 aliphatic carbocycles. The van der Waals surface area contributed by atoms with Crippen molar-refractivity contribution >= 4 is 176 Å². The standard InChI is InChI=1S/C80H52N16O20S4/c97-75-29-17-51(33-65(75)79(101)102)85-81-47-9-1-43(2-10-47)45-5-13-49(14-6-45)83-89-67-25-28-70(62-38-56(118(108,109)110)21-23-59(62)67)92-96-74-36-54(20-32-78(74)100)88-94-72-42-58(120(114,115)116)39-63-64(72)40-57(119(111,112)113)41-71(63)93-87-53-19-31-77(99)73(35-53)95-91-68-26-27-69(61-37-55(117(105,106)107)22-24-60(61)68)90-84-50-15-7-46(8-16-50)44-3-11-48(12-4-44)82-86-52-18-30-76(98)66(34-52)80(103)104/h1-42,97-100H,(H,101,102)(H,103,104)(H,105,106,107)(H,108,109,110)(H,111,112,113)(H,114,115,116). The van der Waals surface area contributed by atoms with Crippen LogP contribution < -0.4 is 0 Å². The number of carbonyl (C=O) groups is 2. The molecule has 0 radical (unpaired) electrons. The van der Waals surface area contributed by atoms with Crippen LogP contribution in [0.25, 0.3) is 54.6 Å². The van der Waals surface area contributed by atoms with Gasteiger partial charge in [0.2, 0.25) is 0 Å². The van der Waals surface area contributed by atoms with Crippen molar-refractivity contribution < 1.29 is 92.1 Å². The van der Waals surface area contributed by atoms with Gasteiger partial charge in [-0.05, 0) is 216 Å². The van der Waals surface area contributed by atoms with Crippen LogP contribution in [0.15, 0.2) is 356 Å². The lowest BCUT2D eigenvalue weighted by molar-refractivity contribution is 0.0682. The number of aromatic carboxylic acids is 2. The molecule has 120 heavy (non-hydrogen) atoms. The number of benzene rings is 14. The second kappa shape index (κ2) is 33.3. The lowest BCUT2D eigenvalue weighted by Crippen LogP contribution is -2.00. The van der Waals surface area contributed by atoms with Crippen LogP contribution in [0, 0.1) is 0 Å². The van der Waals surface area contributed by atoms with Crippen LogP contribution in [0.3, 0.4) is 0 Å². The van der Waals surface area contributed by atoms with Crippen LogP contribution in [0.5, 0.6) is 23.0 Å². The van der Waals surface area contributed by atoms with Crippen LogP contribution in [-0.2, 0) is 40.5 Å². The average molecular weight is 1690 g/mol. The molecule has 0 aliphatic heterocycles. The SMILES string of the molecule is O=C(O)c1cc(N=Nc2ccc(-c3ccc(N=Nc4ccc(N=Nc5cc(N=Nc6cc(S(=O)(=O)O)cc7c(N=Nc8ccc(O)c(N=Nc9ccc(N=Nc%10ccc(-c%11ccc(N=Nc%12ccc(O)c(C(=O)O)c%12)cc%11)cc%10)c%10ccc(S(=O)(=O)O)cc9%10)c8)cc(S(=O)(=O)O)cc67)ccc5O)c5ccc(S(=O)(=O)O)cc45)cc3)cc2)ccc1O. The van der Waals surface area contributed by atoms with Gasteiger partial charge >= 0.3 is 11.9 Å². The second-order valence-corrected chi connectivity index (χ2v) is 31.3. The van der Waals surface area contributed by atoms with E-state index in [1.54, 1.807) is 97.1 Å². The largest absolute Gasteiger partial charge is 0.507 e. The number of hydrogen-bond acceptors (Lipinski definition) is 30. The van der Waals surface area contributed by atoms with Gasteiger partial charge in [0.25, 0.3) is 40.5 Å². The molecule has 14 rings (SSSR count). The van der Waals surface area contributed by atoms with Crippen LogP contribution in [-0.4, -0.2) is 94.5 Å². The number of nitrogens with zero attached hydrogens (tertiary/aromatic N) is 16. The lowest BCUT2D eigenvalue weighted by Gasteiger charge is -2.09. The van der Waals surface area contributed by atoms with Gasteiger partial charge in [0.1, 0.15) is 45.5 Å². The summed E-state index contributed by atoms with van der Waals surface area (Å²) in [5, 5.41) is 128. The maximum absolute atomic E-state index is 12.9. The van der Waals surface area contributed by atoms with Gasteiger partial charge in [-0.3, -0.25) is 18.2 Å². The quantitative estimate of drug-likeness (QED) is 0.0198. The Balaban J connectivity index is 0.696. The van der Waals surface area contributed by atoms with Gasteiger partial charge in [0, 0.05) is 32.3 Å². The van der Waals surface area contributed by atoms with Crippen molar-refractivity contribution in [2.75, 3.05) is 0 Å². The Kier molecular flexibility index (Phi) is 22.5. The fraction of sp³-hybridized carbons (Fsp3) is 0. The van der Waals surface area contributed by atoms with E-state index in [-0.39, 0.29) is 100 Å². The third-order valence-corrected chi connectivity index (χ3v) is 21.1. The first-order chi connectivity index (χ1) is 57.2. The monoisotopic (exact) mass is 1680 g/mol. The van der Waals surface area contributed by atoms with Crippen molar-refractivity contribution in [1.82, 2.24) is 0 Å². The summed E-state index contributed by atoms with van der Waals surface area (Å²) in [7, 11) is -19.8. The molecule has 14 aromatic carbocycles. The molecule has 0 aliphatic rings. The topological polar surface area (TPSA) is 571 Å². The number of fused-ring (bicyclic) bond motifs is 3. The number of phenols is 4. The van der Waals surface area contributed by atoms with Crippen LogP contribution in [0.4, 0.5) is 91.0 Å². The predicted octanol–water partition coefficient (Wildman–Crippen LogP) is 23.0. The number of rotatable bonds is 24. The lowest BCUT2D eigenvalue weighted by atomic mass is 10.1. The molecule has 0 spiro atoms. The molecule has 40 heteroatoms. The first-order valence-electron chi connectivity index (χ1n) is 34.4. The molecule has 14 aromatic rings. The molecule has 0 saturated heterocycles. The second-order valence-electron chi connectivity index (χ2n) is 25.6. The number of phenolic OH excluding ortho intramolecular Hbond substituents is 2. The predicted molar refractivity (Wildman–Crippen MR) is 435 cm³/mol. The van der Waals surface area contributed by atoms with E-state index in [9.17, 15) is 92.1 Å². The normalized spacial score (nSPS) is 12.6. The van der Waals surface area contributed by atoms with Crippen molar-refractivity contribution in [1.29, 1.82) is 0 Å². The van der Waals surface area contributed by atoms with E-state index < -0.39 is 106 Å². The summed E-state index contributed by atoms with van der Waals surface area (Å²) in [5.74, 6) is -4.40. The zero-order valence-corrected chi connectivity index (χ0v) is 63.9. The van der Waals surface area contributed by atoms with Gasteiger partial charge in [-0.2, -0.15) is 74.6 Å². The fourth-order valence-electron chi connectivity index (χ4n) is 11.7. The highest BCUT2D eigenvalue weighted by molar-refractivity contribution is 7.86. The highest BCUT2D eigenvalue weighted by atomic mass is 32.2. The highest BCUT2D eigenvalue weighted by Crippen LogP contribution is 2.45. The van der Waals surface area contributed by atoms with Crippen molar-refractivity contribution in [2.24, 2.45) is 81.8 Å². The van der Waals surface area contributed by atoms with Crippen LogP contribution in [0.1, 0.15) is 20.7 Å². The number of aromatic hydroxyl groups is 4. The molecule has 0 bridgehead atoms.